The van der Waals surface area contributed by atoms with Crippen LogP contribution in [-0.4, -0.2) is 37.1 Å². The van der Waals surface area contributed by atoms with Crippen molar-refractivity contribution in [2.45, 2.75) is 12.1 Å². The second-order valence-electron chi connectivity index (χ2n) is 5.91. The van der Waals surface area contributed by atoms with Gasteiger partial charge in [-0.15, -0.1) is 0 Å². The third-order valence-electron chi connectivity index (χ3n) is 4.44. The van der Waals surface area contributed by atoms with Crippen LogP contribution in [0.5, 0.6) is 0 Å². The minimum absolute atomic E-state index is 0.130. The average molecular weight is 344 g/mol. The molecule has 0 saturated carbocycles. The Balaban J connectivity index is 1.82. The van der Waals surface area contributed by atoms with Gasteiger partial charge in [0.2, 0.25) is 0 Å². The molecule has 0 unspecified atom stereocenters. The second-order valence-corrected chi connectivity index (χ2v) is 8.42. The van der Waals surface area contributed by atoms with Crippen LogP contribution in [0.3, 0.4) is 0 Å². The predicted octanol–water partition coefficient (Wildman–Crippen LogP) is 2.46. The van der Waals surface area contributed by atoms with Gasteiger partial charge in [0, 0.05) is 11.4 Å². The van der Waals surface area contributed by atoms with E-state index in [1.165, 1.54) is 0 Å². The molecular weight excluding hydrogens is 328 g/mol. The zero-order valence-corrected chi connectivity index (χ0v) is 14.0. The Labute approximate surface area is 141 Å². The Bertz CT molecular complexity index is 774. The van der Waals surface area contributed by atoms with Gasteiger partial charge < -0.3 is 9.80 Å². The van der Waals surface area contributed by atoms with E-state index >= 15 is 0 Å². The monoisotopic (exact) mass is 344 g/mol. The fourth-order valence-corrected chi connectivity index (χ4v) is 5.89. The molecule has 2 heterocycles. The first-order chi connectivity index (χ1) is 11.1. The van der Waals surface area contributed by atoms with E-state index in [0.29, 0.717) is 5.11 Å². The molecule has 2 aromatic rings. The first kappa shape index (κ1) is 14.7. The van der Waals surface area contributed by atoms with E-state index in [9.17, 15) is 8.42 Å². The molecule has 2 aliphatic heterocycles. The molecule has 118 valence electrons. The maximum Gasteiger partial charge on any atom is 0.181 e. The van der Waals surface area contributed by atoms with Gasteiger partial charge in [-0.1, -0.05) is 36.4 Å². The van der Waals surface area contributed by atoms with E-state index in [-0.39, 0.29) is 23.6 Å². The molecule has 0 N–H and O–H groups in total. The normalized spacial score (nSPS) is 25.7. The van der Waals surface area contributed by atoms with Crippen LogP contribution in [0.1, 0.15) is 0 Å². The minimum atomic E-state index is -3.05. The van der Waals surface area contributed by atoms with E-state index in [1.54, 1.807) is 0 Å². The van der Waals surface area contributed by atoms with Gasteiger partial charge >= 0.3 is 0 Å². The molecule has 0 aliphatic carbocycles. The molecule has 6 heteroatoms. The molecule has 0 bridgehead atoms. The summed E-state index contributed by atoms with van der Waals surface area (Å²) < 4.78 is 24.4. The van der Waals surface area contributed by atoms with Gasteiger partial charge in [-0.3, -0.25) is 0 Å². The summed E-state index contributed by atoms with van der Waals surface area (Å²) in [4.78, 5) is 4.00. The molecule has 4 nitrogen and oxygen atoms in total. The zero-order valence-electron chi connectivity index (χ0n) is 12.4. The second kappa shape index (κ2) is 5.32. The van der Waals surface area contributed by atoms with Crippen molar-refractivity contribution in [1.29, 1.82) is 0 Å². The van der Waals surface area contributed by atoms with E-state index in [4.69, 9.17) is 12.2 Å². The van der Waals surface area contributed by atoms with Crippen molar-refractivity contribution in [3.63, 3.8) is 0 Å². The summed E-state index contributed by atoms with van der Waals surface area (Å²) in [6.07, 6.45) is 0. The number of benzene rings is 2. The first-order valence-corrected chi connectivity index (χ1v) is 9.73. The maximum atomic E-state index is 12.2. The van der Waals surface area contributed by atoms with Crippen molar-refractivity contribution in [2.75, 3.05) is 21.3 Å². The minimum Gasteiger partial charge on any atom is -0.312 e. The summed E-state index contributed by atoms with van der Waals surface area (Å²) in [6, 6.07) is 19.3. The third-order valence-corrected chi connectivity index (χ3v) is 6.53. The van der Waals surface area contributed by atoms with E-state index in [0.717, 1.165) is 11.4 Å². The lowest BCUT2D eigenvalue weighted by Crippen LogP contribution is -2.37. The van der Waals surface area contributed by atoms with E-state index in [1.807, 2.05) is 70.5 Å². The van der Waals surface area contributed by atoms with Crippen LogP contribution >= 0.6 is 12.2 Å². The number of anilines is 2. The van der Waals surface area contributed by atoms with Gasteiger partial charge in [0.1, 0.15) is 0 Å². The quantitative estimate of drug-likeness (QED) is 0.783. The fraction of sp³-hybridized carbons (Fsp3) is 0.235. The Morgan fingerprint density at radius 2 is 1.17 bits per heavy atom. The highest BCUT2D eigenvalue weighted by Crippen LogP contribution is 2.37. The van der Waals surface area contributed by atoms with Crippen molar-refractivity contribution in [3.8, 4) is 0 Å². The summed E-state index contributed by atoms with van der Waals surface area (Å²) in [6.45, 7) is 0. The van der Waals surface area contributed by atoms with Crippen LogP contribution in [0.15, 0.2) is 60.7 Å². The summed E-state index contributed by atoms with van der Waals surface area (Å²) in [5.41, 5.74) is 1.89. The molecule has 2 fully saturated rings. The number of para-hydroxylation sites is 2. The lowest BCUT2D eigenvalue weighted by Gasteiger charge is -2.25. The van der Waals surface area contributed by atoms with Gasteiger partial charge in [-0.2, -0.15) is 0 Å². The maximum absolute atomic E-state index is 12.2. The molecule has 0 radical (unpaired) electrons. The van der Waals surface area contributed by atoms with Crippen molar-refractivity contribution >= 4 is 38.5 Å². The topological polar surface area (TPSA) is 40.6 Å². The van der Waals surface area contributed by atoms with Crippen LogP contribution in [0, 0.1) is 0 Å². The number of hydrogen-bond donors (Lipinski definition) is 0. The van der Waals surface area contributed by atoms with Gasteiger partial charge in [0.25, 0.3) is 0 Å². The highest BCUT2D eigenvalue weighted by atomic mass is 32.2. The van der Waals surface area contributed by atoms with Gasteiger partial charge in [0.15, 0.2) is 14.9 Å². The number of rotatable bonds is 2. The average Bonchev–Trinajstić information content (AvgIpc) is 2.97. The molecule has 2 saturated heterocycles. The molecule has 0 aromatic heterocycles. The lowest BCUT2D eigenvalue weighted by molar-refractivity contribution is 0.601. The van der Waals surface area contributed by atoms with Crippen LogP contribution in [-0.2, 0) is 9.84 Å². The van der Waals surface area contributed by atoms with E-state index in [2.05, 4.69) is 0 Å². The van der Waals surface area contributed by atoms with Crippen LogP contribution in [0.2, 0.25) is 0 Å². The van der Waals surface area contributed by atoms with Crippen LogP contribution in [0.4, 0.5) is 11.4 Å². The van der Waals surface area contributed by atoms with Crippen molar-refractivity contribution in [3.05, 3.63) is 60.7 Å². The smallest absolute Gasteiger partial charge is 0.181 e. The first-order valence-electron chi connectivity index (χ1n) is 7.50. The lowest BCUT2D eigenvalue weighted by atomic mass is 10.1. The SMILES string of the molecule is O=S1(=O)C[C@@H]2[C@H](C1)N(c1ccccc1)C(=S)N2c1ccccc1. The summed E-state index contributed by atoms with van der Waals surface area (Å²) in [7, 11) is -3.05. The number of nitrogens with zero attached hydrogens (tertiary/aromatic N) is 2. The van der Waals surface area contributed by atoms with E-state index < -0.39 is 9.84 Å². The number of hydrogen-bond acceptors (Lipinski definition) is 3. The standard InChI is InChI=1S/C17H16N2O2S2/c20-23(21)11-15-16(12-23)19(14-9-5-2-6-10-14)17(22)18(15)13-7-3-1-4-8-13/h1-10,15-16H,11-12H2/t15-,16+. The number of fused-ring (bicyclic) bond motifs is 1. The van der Waals surface area contributed by atoms with Crippen molar-refractivity contribution in [2.24, 2.45) is 0 Å². The van der Waals surface area contributed by atoms with Gasteiger partial charge in [-0.05, 0) is 36.5 Å². The Morgan fingerprint density at radius 3 is 1.57 bits per heavy atom. The third kappa shape index (κ3) is 2.42. The van der Waals surface area contributed by atoms with Crippen LogP contribution < -0.4 is 9.80 Å². The van der Waals surface area contributed by atoms with Crippen molar-refractivity contribution in [1.82, 2.24) is 0 Å². The Morgan fingerprint density at radius 1 is 0.783 bits per heavy atom. The van der Waals surface area contributed by atoms with Crippen molar-refractivity contribution < 1.29 is 8.42 Å². The largest absolute Gasteiger partial charge is 0.312 e. The van der Waals surface area contributed by atoms with Gasteiger partial charge in [0.05, 0.1) is 23.6 Å². The highest BCUT2D eigenvalue weighted by molar-refractivity contribution is 7.91. The molecule has 0 spiro atoms. The highest BCUT2D eigenvalue weighted by Gasteiger charge is 2.52. The molecule has 2 aromatic carbocycles. The number of thiocarbonyl (C=S) groups is 1. The Kier molecular flexibility index (Phi) is 3.39. The molecule has 0 amide bonds. The Hall–Kier alpha value is -1.92. The zero-order chi connectivity index (χ0) is 16.0. The van der Waals surface area contributed by atoms with Crippen LogP contribution in [0.25, 0.3) is 0 Å². The summed E-state index contributed by atoms with van der Waals surface area (Å²) >= 11 is 5.71. The summed E-state index contributed by atoms with van der Waals surface area (Å²) in [5, 5.41) is 0.673. The molecule has 2 atom stereocenters. The molecule has 4 rings (SSSR count). The molecule has 2 aliphatic rings. The number of sulfone groups is 1. The van der Waals surface area contributed by atoms with Gasteiger partial charge in [-0.25, -0.2) is 8.42 Å². The summed E-state index contributed by atoms with van der Waals surface area (Å²) in [5.74, 6) is 0.298. The molecule has 23 heavy (non-hydrogen) atoms. The predicted molar refractivity (Wildman–Crippen MR) is 96.7 cm³/mol. The fourth-order valence-electron chi connectivity index (χ4n) is 3.48. The molecular formula is C17H16N2O2S2.